The van der Waals surface area contributed by atoms with Crippen LogP contribution >= 0.6 is 34.4 Å². The fraction of sp³-hybridized carbons (Fsp3) is 0.318. The smallest absolute Gasteiger partial charge is 0.347 e. The van der Waals surface area contributed by atoms with Crippen LogP contribution in [0.5, 0.6) is 0 Å². The van der Waals surface area contributed by atoms with E-state index in [1.54, 1.807) is 11.3 Å². The normalized spacial score (nSPS) is 20.0. The molecule has 1 fully saturated rings. The Morgan fingerprint density at radius 3 is 2.82 bits per heavy atom. The summed E-state index contributed by atoms with van der Waals surface area (Å²) in [7, 11) is 0. The van der Waals surface area contributed by atoms with E-state index in [2.05, 4.69) is 15.5 Å². The number of nitrogens with one attached hydrogen (secondary N) is 1. The molecule has 2 aliphatic rings. The summed E-state index contributed by atoms with van der Waals surface area (Å²) in [5.74, 6) is -3.98. The number of carboxylic acid groups (broad SMARTS) is 2. The van der Waals surface area contributed by atoms with Gasteiger partial charge in [0.25, 0.3) is 11.8 Å². The minimum absolute atomic E-state index is 0.0324. The first kappa shape index (κ1) is 26.6. The number of carboxylic acids is 2. The van der Waals surface area contributed by atoms with Crippen molar-refractivity contribution in [2.45, 2.75) is 37.9 Å². The minimum atomic E-state index is -1.48. The van der Waals surface area contributed by atoms with E-state index in [-0.39, 0.29) is 28.8 Å². The summed E-state index contributed by atoms with van der Waals surface area (Å²) < 4.78 is 3.85. The van der Waals surface area contributed by atoms with Gasteiger partial charge in [-0.1, -0.05) is 16.5 Å². The van der Waals surface area contributed by atoms with E-state index in [0.29, 0.717) is 11.3 Å². The highest BCUT2D eigenvalue weighted by Gasteiger charge is 2.53. The molecular formula is C22H21N7O7S3. The van der Waals surface area contributed by atoms with Crippen LogP contribution in [0.3, 0.4) is 0 Å². The summed E-state index contributed by atoms with van der Waals surface area (Å²) >= 11 is 3.89. The Balaban J connectivity index is 1.36. The number of nitrogens with zero attached hydrogens (tertiary/aromatic N) is 5. The van der Waals surface area contributed by atoms with Gasteiger partial charge in [-0.05, 0) is 6.92 Å². The molecule has 2 aliphatic heterocycles. The van der Waals surface area contributed by atoms with Crippen molar-refractivity contribution in [3.05, 3.63) is 45.9 Å². The van der Waals surface area contributed by atoms with E-state index >= 15 is 0 Å². The topological polar surface area (TPSA) is 196 Å². The maximum atomic E-state index is 13.1. The Labute approximate surface area is 232 Å². The maximum Gasteiger partial charge on any atom is 0.347 e. The second-order valence-corrected chi connectivity index (χ2v) is 11.5. The Morgan fingerprint density at radius 2 is 2.18 bits per heavy atom. The molecule has 0 unspecified atom stereocenters. The molecule has 14 nitrogen and oxygen atoms in total. The number of fused-ring (bicyclic) bond motifs is 2. The number of thioether (sulfide) groups is 1. The molecule has 3 aromatic rings. The zero-order valence-electron chi connectivity index (χ0n) is 20.4. The molecule has 5 rings (SSSR count). The van der Waals surface area contributed by atoms with E-state index in [0.717, 1.165) is 26.8 Å². The van der Waals surface area contributed by atoms with Crippen LogP contribution in [0.15, 0.2) is 39.7 Å². The first-order chi connectivity index (χ1) is 18.6. The number of imidazole rings is 1. The van der Waals surface area contributed by atoms with Crippen molar-refractivity contribution in [1.29, 1.82) is 0 Å². The number of aromatic nitrogens is 3. The Kier molecular flexibility index (Phi) is 7.04. The van der Waals surface area contributed by atoms with Crippen LogP contribution in [0.25, 0.3) is 4.83 Å². The molecule has 3 aromatic heterocycles. The number of nitrogen functional groups attached to an aromatic ring is 1. The first-order valence-electron chi connectivity index (χ1n) is 11.4. The van der Waals surface area contributed by atoms with E-state index in [9.17, 15) is 24.3 Å². The monoisotopic (exact) mass is 591 g/mol. The fourth-order valence-electron chi connectivity index (χ4n) is 4.16. The van der Waals surface area contributed by atoms with Crippen molar-refractivity contribution in [1.82, 2.24) is 19.8 Å². The highest BCUT2D eigenvalue weighted by atomic mass is 32.2. The summed E-state index contributed by atoms with van der Waals surface area (Å²) in [6.07, 6.45) is 2.41. The van der Waals surface area contributed by atoms with E-state index in [4.69, 9.17) is 15.7 Å². The number of hydrogen-bond acceptors (Lipinski definition) is 12. The zero-order chi connectivity index (χ0) is 28.0. The van der Waals surface area contributed by atoms with Crippen molar-refractivity contribution in [3.63, 3.8) is 0 Å². The summed E-state index contributed by atoms with van der Waals surface area (Å²) in [5, 5.41) is 30.2. The largest absolute Gasteiger partial charge is 0.543 e. The van der Waals surface area contributed by atoms with Gasteiger partial charge in [0.05, 0.1) is 11.7 Å². The van der Waals surface area contributed by atoms with Crippen LogP contribution in [0.4, 0.5) is 5.13 Å². The van der Waals surface area contributed by atoms with Crippen molar-refractivity contribution < 1.29 is 38.6 Å². The third kappa shape index (κ3) is 4.83. The molecule has 17 heteroatoms. The number of carbonyl (C=O) groups is 4. The predicted molar refractivity (Wildman–Crippen MR) is 139 cm³/mol. The summed E-state index contributed by atoms with van der Waals surface area (Å²) in [6, 6.07) is -1.06. The maximum absolute atomic E-state index is 13.1. The van der Waals surface area contributed by atoms with E-state index in [1.165, 1.54) is 24.1 Å². The van der Waals surface area contributed by atoms with Crippen LogP contribution in [0.1, 0.15) is 18.3 Å². The van der Waals surface area contributed by atoms with Gasteiger partial charge in [-0.3, -0.25) is 14.5 Å². The highest BCUT2D eigenvalue weighted by molar-refractivity contribution is 8.00. The molecule has 0 spiro atoms. The molecule has 0 aromatic carbocycles. The number of aryl methyl sites for hydroxylation is 1. The van der Waals surface area contributed by atoms with Crippen LogP contribution in [0, 0.1) is 6.92 Å². The first-order valence-corrected chi connectivity index (χ1v) is 14.2. The predicted octanol–water partition coefficient (Wildman–Crippen LogP) is -1.07. The van der Waals surface area contributed by atoms with Crippen molar-refractivity contribution in [2.24, 2.45) is 5.16 Å². The van der Waals surface area contributed by atoms with Gasteiger partial charge in [-0.15, -0.1) is 23.1 Å². The second-order valence-electron chi connectivity index (χ2n) is 8.64. The number of rotatable bonds is 9. The van der Waals surface area contributed by atoms with E-state index < -0.39 is 41.3 Å². The number of oxime groups is 1. The third-order valence-corrected chi connectivity index (χ3v) is 9.16. The third-order valence-electron chi connectivity index (χ3n) is 6.16. The molecule has 1 saturated heterocycles. The lowest BCUT2D eigenvalue weighted by atomic mass is 10.0. The Morgan fingerprint density at radius 1 is 1.41 bits per heavy atom. The number of nitrogens with two attached hydrogens (primary N) is 1. The van der Waals surface area contributed by atoms with Gasteiger partial charge in [0.15, 0.2) is 16.5 Å². The molecule has 2 amide bonds. The molecule has 5 heterocycles. The molecule has 204 valence electrons. The summed E-state index contributed by atoms with van der Waals surface area (Å²) in [4.78, 5) is 60.5. The van der Waals surface area contributed by atoms with Gasteiger partial charge in [-0.25, -0.2) is 14.3 Å². The number of hydrogen-bond donors (Lipinski definition) is 3. The Bertz CT molecular complexity index is 1570. The van der Waals surface area contributed by atoms with Gasteiger partial charge >= 0.3 is 5.97 Å². The number of thiazole rings is 2. The van der Waals surface area contributed by atoms with Crippen molar-refractivity contribution >= 4 is 73.9 Å². The lowest BCUT2D eigenvalue weighted by Gasteiger charge is -2.50. The van der Waals surface area contributed by atoms with Crippen LogP contribution in [0.2, 0.25) is 0 Å². The average molecular weight is 592 g/mol. The Hall–Kier alpha value is -3.96. The second kappa shape index (κ2) is 10.3. The lowest BCUT2D eigenvalue weighted by molar-refractivity contribution is -0.508. The van der Waals surface area contributed by atoms with E-state index in [1.807, 2.05) is 33.8 Å². The molecule has 3 atom stereocenters. The number of aliphatic carboxylic acids is 2. The molecule has 39 heavy (non-hydrogen) atoms. The van der Waals surface area contributed by atoms with Crippen LogP contribution in [-0.2, 0) is 30.6 Å². The lowest BCUT2D eigenvalue weighted by Crippen LogP contribution is -2.71. The van der Waals surface area contributed by atoms with Crippen LogP contribution < -0.4 is 20.6 Å². The van der Waals surface area contributed by atoms with Crippen LogP contribution in [-0.4, -0.2) is 72.3 Å². The highest BCUT2D eigenvalue weighted by Crippen LogP contribution is 2.40. The standard InChI is InChI=1S/C22H21N7O7S3/c1-9-18-27(3-4-37-18)8-28(9)5-11-6-38-19-14(17(31)29(19)15(11)21(34)35)25-16(30)13(12-7-39-22(23)24-12)26-36-10(2)20(32)33/h3-4,7-8,10,14,19H,5-6H2,1-2H3,(H4-,23,24,25,30,32,33,34,35)/b26-13-/t10-,14+,19+/m0/s1. The van der Waals surface area contributed by atoms with Gasteiger partial charge in [0.1, 0.15) is 29.9 Å². The zero-order valence-corrected chi connectivity index (χ0v) is 22.8. The number of carbonyl (C=O) groups excluding carboxylic acids is 3. The molecule has 0 radical (unpaired) electrons. The van der Waals surface area contributed by atoms with Gasteiger partial charge < -0.3 is 30.9 Å². The molecule has 0 aliphatic carbocycles. The molecular weight excluding hydrogens is 570 g/mol. The number of β-lactam (4-membered cyclic amide) rings is 1. The van der Waals surface area contributed by atoms with Crippen molar-refractivity contribution in [3.8, 4) is 0 Å². The minimum Gasteiger partial charge on any atom is -0.543 e. The molecule has 0 bridgehead atoms. The summed E-state index contributed by atoms with van der Waals surface area (Å²) in [5.41, 5.74) is 6.57. The van der Waals surface area contributed by atoms with Gasteiger partial charge in [-0.2, -0.15) is 4.40 Å². The number of amides is 2. The summed E-state index contributed by atoms with van der Waals surface area (Å²) in [6.45, 7) is 3.41. The fourth-order valence-corrected chi connectivity index (χ4v) is 6.88. The SMILES string of the molecule is Cc1c2scc[n+]2cn1CC1=C(C(=O)[O-])N2C(=O)[C@@H](NC(=O)/C(=N\O[C@@H](C)C(=O)O)c3csc(N)n3)[C@H]2SC1. The van der Waals surface area contributed by atoms with Gasteiger partial charge in [0, 0.05) is 29.0 Å². The van der Waals surface area contributed by atoms with Gasteiger partial charge in [0.2, 0.25) is 17.3 Å². The van der Waals surface area contributed by atoms with Crippen molar-refractivity contribution in [2.75, 3.05) is 11.5 Å². The molecule has 0 saturated carbocycles. The number of anilines is 1. The molecule has 4 N–H and O–H groups in total. The average Bonchev–Trinajstić information content (AvgIpc) is 3.60. The quantitative estimate of drug-likeness (QED) is 0.119.